The van der Waals surface area contributed by atoms with Crippen molar-refractivity contribution in [1.29, 1.82) is 0 Å². The van der Waals surface area contributed by atoms with Gasteiger partial charge in [0.15, 0.2) is 0 Å². The lowest BCUT2D eigenvalue weighted by Crippen LogP contribution is -2.51. The van der Waals surface area contributed by atoms with Crippen LogP contribution in [0.4, 0.5) is 0 Å². The van der Waals surface area contributed by atoms with Gasteiger partial charge in [-0.2, -0.15) is 4.31 Å². The molecule has 122 valence electrons. The third kappa shape index (κ3) is 3.52. The first kappa shape index (κ1) is 19.1. The number of nitrogens with zero attached hydrogens (tertiary/aromatic N) is 2. The Hall–Kier alpha value is -0.920. The summed E-state index contributed by atoms with van der Waals surface area (Å²) >= 11 is 0. The summed E-state index contributed by atoms with van der Waals surface area (Å²) < 4.78 is 27.2. The molecule has 5 nitrogen and oxygen atoms in total. The number of fused-ring (bicyclic) bond motifs is 1. The summed E-state index contributed by atoms with van der Waals surface area (Å²) in [4.78, 5) is 4.41. The number of pyridine rings is 1. The Balaban J connectivity index is 0.00000121. The minimum absolute atomic E-state index is 0. The summed E-state index contributed by atoms with van der Waals surface area (Å²) in [5, 5.41) is 4.83. The van der Waals surface area contributed by atoms with Gasteiger partial charge in [0, 0.05) is 48.8 Å². The van der Waals surface area contributed by atoms with Crippen LogP contribution in [0.15, 0.2) is 41.6 Å². The molecule has 1 atom stereocenters. The zero-order chi connectivity index (χ0) is 14.2. The van der Waals surface area contributed by atoms with Crippen LogP contribution in [0.25, 0.3) is 10.8 Å². The van der Waals surface area contributed by atoms with Crippen molar-refractivity contribution in [3.05, 3.63) is 36.7 Å². The molecule has 0 saturated carbocycles. The van der Waals surface area contributed by atoms with E-state index in [1.165, 1.54) is 0 Å². The van der Waals surface area contributed by atoms with Crippen LogP contribution in [0.1, 0.15) is 6.92 Å². The molecule has 2 aromatic rings. The lowest BCUT2D eigenvalue weighted by molar-refractivity contribution is 0.310. The van der Waals surface area contributed by atoms with Gasteiger partial charge in [0.1, 0.15) is 0 Å². The van der Waals surface area contributed by atoms with Gasteiger partial charge in [0.05, 0.1) is 4.90 Å². The Labute approximate surface area is 143 Å². The molecular weight excluding hydrogens is 345 g/mol. The van der Waals surface area contributed by atoms with E-state index in [-0.39, 0.29) is 30.9 Å². The second kappa shape index (κ2) is 7.57. The highest BCUT2D eigenvalue weighted by Gasteiger charge is 2.29. The van der Waals surface area contributed by atoms with Crippen LogP contribution >= 0.6 is 24.8 Å². The van der Waals surface area contributed by atoms with Gasteiger partial charge >= 0.3 is 0 Å². The number of benzene rings is 1. The number of halogens is 2. The van der Waals surface area contributed by atoms with Crippen molar-refractivity contribution < 1.29 is 8.42 Å². The molecule has 8 heteroatoms. The molecule has 1 fully saturated rings. The number of nitrogens with one attached hydrogen (secondary N) is 1. The van der Waals surface area contributed by atoms with Gasteiger partial charge in [-0.3, -0.25) is 4.98 Å². The molecule has 1 saturated heterocycles. The summed E-state index contributed by atoms with van der Waals surface area (Å²) in [6.07, 6.45) is 3.32. The maximum Gasteiger partial charge on any atom is 0.243 e. The highest BCUT2D eigenvalue weighted by atomic mass is 35.5. The zero-order valence-electron chi connectivity index (χ0n) is 12.1. The SMILES string of the molecule is CC1CN(S(=O)(=O)c2cccc3cnccc23)CCN1.Cl.Cl. The standard InChI is InChI=1S/C14H17N3O2S.2ClH/c1-11-10-17(8-7-16-11)20(18,19)14-4-2-3-12-9-15-6-5-13(12)14;;/h2-6,9,11,16H,7-8,10H2,1H3;2*1H. The van der Waals surface area contributed by atoms with Crippen molar-refractivity contribution in [2.24, 2.45) is 0 Å². The van der Waals surface area contributed by atoms with E-state index in [0.717, 1.165) is 10.8 Å². The third-order valence-electron chi connectivity index (χ3n) is 3.59. The maximum absolute atomic E-state index is 12.8. The molecule has 0 radical (unpaired) electrons. The van der Waals surface area contributed by atoms with Crippen molar-refractivity contribution in [3.8, 4) is 0 Å². The third-order valence-corrected chi connectivity index (χ3v) is 5.51. The molecular formula is C14H19Cl2N3O2S. The molecule has 1 aliphatic rings. The van der Waals surface area contributed by atoms with E-state index in [2.05, 4.69) is 10.3 Å². The van der Waals surface area contributed by atoms with Crippen molar-refractivity contribution in [3.63, 3.8) is 0 Å². The monoisotopic (exact) mass is 363 g/mol. The van der Waals surface area contributed by atoms with E-state index < -0.39 is 10.0 Å². The topological polar surface area (TPSA) is 62.3 Å². The highest BCUT2D eigenvalue weighted by Crippen LogP contribution is 2.25. The molecule has 1 unspecified atom stereocenters. The van der Waals surface area contributed by atoms with Crippen LogP contribution in [-0.2, 0) is 10.0 Å². The predicted octanol–water partition coefficient (Wildman–Crippen LogP) is 2.06. The van der Waals surface area contributed by atoms with Gasteiger partial charge in [-0.25, -0.2) is 8.42 Å². The Kier molecular flexibility index (Phi) is 6.58. The Morgan fingerprint density at radius 3 is 2.77 bits per heavy atom. The molecule has 3 rings (SSSR count). The Bertz CT molecular complexity index is 734. The first-order valence-electron chi connectivity index (χ1n) is 6.65. The summed E-state index contributed by atoms with van der Waals surface area (Å²) in [5.41, 5.74) is 0. The molecule has 1 aromatic carbocycles. The van der Waals surface area contributed by atoms with E-state index >= 15 is 0 Å². The first-order valence-corrected chi connectivity index (χ1v) is 8.09. The minimum Gasteiger partial charge on any atom is -0.312 e. The van der Waals surface area contributed by atoms with Gasteiger partial charge in [-0.1, -0.05) is 12.1 Å². The summed E-state index contributed by atoms with van der Waals surface area (Å²) in [6.45, 7) is 3.69. The van der Waals surface area contributed by atoms with Crippen molar-refractivity contribution >= 4 is 45.6 Å². The van der Waals surface area contributed by atoms with Crippen LogP contribution < -0.4 is 5.32 Å². The molecule has 2 heterocycles. The minimum atomic E-state index is -3.46. The van der Waals surface area contributed by atoms with Crippen molar-refractivity contribution in [1.82, 2.24) is 14.6 Å². The lowest BCUT2D eigenvalue weighted by atomic mass is 10.2. The van der Waals surface area contributed by atoms with Gasteiger partial charge in [-0.15, -0.1) is 24.8 Å². The second-order valence-corrected chi connectivity index (χ2v) is 6.98. The molecule has 1 N–H and O–H groups in total. The average molecular weight is 364 g/mol. The van der Waals surface area contributed by atoms with E-state index in [1.807, 2.05) is 13.0 Å². The number of aromatic nitrogens is 1. The van der Waals surface area contributed by atoms with Gasteiger partial charge < -0.3 is 5.32 Å². The Morgan fingerprint density at radius 1 is 1.27 bits per heavy atom. The fourth-order valence-electron chi connectivity index (χ4n) is 2.57. The number of rotatable bonds is 2. The molecule has 1 aromatic heterocycles. The van der Waals surface area contributed by atoms with Crippen LogP contribution in [0.5, 0.6) is 0 Å². The summed E-state index contributed by atoms with van der Waals surface area (Å²) in [7, 11) is -3.46. The Morgan fingerprint density at radius 2 is 2.05 bits per heavy atom. The zero-order valence-corrected chi connectivity index (χ0v) is 14.5. The summed E-state index contributed by atoms with van der Waals surface area (Å²) in [5.74, 6) is 0. The number of sulfonamides is 1. The van der Waals surface area contributed by atoms with E-state index in [9.17, 15) is 8.42 Å². The number of piperazine rings is 1. The van der Waals surface area contributed by atoms with Crippen LogP contribution in [0.2, 0.25) is 0 Å². The largest absolute Gasteiger partial charge is 0.312 e. The van der Waals surface area contributed by atoms with Crippen molar-refractivity contribution in [2.75, 3.05) is 19.6 Å². The highest BCUT2D eigenvalue weighted by molar-refractivity contribution is 7.89. The predicted molar refractivity (Wildman–Crippen MR) is 92.5 cm³/mol. The second-order valence-electron chi connectivity index (χ2n) is 5.07. The van der Waals surface area contributed by atoms with Crippen LogP contribution in [0, 0.1) is 0 Å². The van der Waals surface area contributed by atoms with E-state index in [1.54, 1.807) is 34.9 Å². The smallest absolute Gasteiger partial charge is 0.243 e. The fraction of sp³-hybridized carbons (Fsp3) is 0.357. The van der Waals surface area contributed by atoms with Crippen molar-refractivity contribution in [2.45, 2.75) is 17.9 Å². The van der Waals surface area contributed by atoms with Gasteiger partial charge in [0.25, 0.3) is 0 Å². The molecule has 0 bridgehead atoms. The molecule has 22 heavy (non-hydrogen) atoms. The summed E-state index contributed by atoms with van der Waals surface area (Å²) in [6, 6.07) is 7.25. The first-order chi connectivity index (χ1) is 9.59. The van der Waals surface area contributed by atoms with E-state index in [0.29, 0.717) is 24.5 Å². The normalized spacial score (nSPS) is 19.2. The molecule has 0 aliphatic carbocycles. The molecule has 0 amide bonds. The number of hydrogen-bond acceptors (Lipinski definition) is 4. The molecule has 1 aliphatic heterocycles. The quantitative estimate of drug-likeness (QED) is 0.886. The van der Waals surface area contributed by atoms with Gasteiger partial charge in [0.2, 0.25) is 10.0 Å². The average Bonchev–Trinajstić information content (AvgIpc) is 2.46. The number of hydrogen-bond donors (Lipinski definition) is 1. The lowest BCUT2D eigenvalue weighted by Gasteiger charge is -2.31. The molecule has 0 spiro atoms. The van der Waals surface area contributed by atoms with Gasteiger partial charge in [-0.05, 0) is 19.1 Å². The van der Waals surface area contributed by atoms with Crippen LogP contribution in [0.3, 0.4) is 0 Å². The maximum atomic E-state index is 12.8. The van der Waals surface area contributed by atoms with E-state index in [4.69, 9.17) is 0 Å². The fourth-order valence-corrected chi connectivity index (χ4v) is 4.32. The van der Waals surface area contributed by atoms with Crippen LogP contribution in [-0.4, -0.2) is 43.4 Å².